The van der Waals surface area contributed by atoms with E-state index in [4.69, 9.17) is 16.7 Å². The van der Waals surface area contributed by atoms with Gasteiger partial charge in [-0.3, -0.25) is 4.79 Å². The summed E-state index contributed by atoms with van der Waals surface area (Å²) in [5.41, 5.74) is 2.02. The Labute approximate surface area is 187 Å². The van der Waals surface area contributed by atoms with Gasteiger partial charge in [0.1, 0.15) is 11.5 Å². The van der Waals surface area contributed by atoms with Crippen molar-refractivity contribution in [3.05, 3.63) is 69.4 Å². The average molecular weight is 460 g/mol. The third-order valence-corrected chi connectivity index (χ3v) is 6.51. The normalized spacial score (nSPS) is 14.5. The fraction of sp³-hybridized carbons (Fsp3) is 0.227. The van der Waals surface area contributed by atoms with E-state index < -0.39 is 11.9 Å². The number of amides is 2. The minimum absolute atomic E-state index is 0.137. The molecule has 3 aromatic rings. The van der Waals surface area contributed by atoms with Crippen molar-refractivity contribution < 1.29 is 19.1 Å². The number of nitrogens with zero attached hydrogens (tertiary/aromatic N) is 2. The van der Waals surface area contributed by atoms with Crippen LogP contribution >= 0.6 is 22.9 Å². The van der Waals surface area contributed by atoms with E-state index in [0.717, 1.165) is 10.6 Å². The third kappa shape index (κ3) is 4.86. The molecule has 1 saturated heterocycles. The molecule has 2 aromatic carbocycles. The summed E-state index contributed by atoms with van der Waals surface area (Å²) in [5.74, 6) is -0.656. The lowest BCUT2D eigenvalue weighted by molar-refractivity contribution is 0.102. The van der Waals surface area contributed by atoms with Crippen molar-refractivity contribution in [3.63, 3.8) is 0 Å². The van der Waals surface area contributed by atoms with Crippen LogP contribution in [0.25, 0.3) is 11.1 Å². The Morgan fingerprint density at radius 3 is 2.55 bits per heavy atom. The van der Waals surface area contributed by atoms with Gasteiger partial charge in [-0.1, -0.05) is 23.7 Å². The van der Waals surface area contributed by atoms with Crippen molar-refractivity contribution in [2.45, 2.75) is 18.8 Å². The number of piperidine rings is 1. The van der Waals surface area contributed by atoms with Crippen LogP contribution in [0.4, 0.5) is 14.9 Å². The number of hydrogen-bond acceptors (Lipinski definition) is 4. The summed E-state index contributed by atoms with van der Waals surface area (Å²) >= 11 is 7.34. The van der Waals surface area contributed by atoms with Crippen molar-refractivity contribution in [2.75, 3.05) is 18.4 Å². The van der Waals surface area contributed by atoms with E-state index in [1.54, 1.807) is 29.6 Å². The van der Waals surface area contributed by atoms with E-state index in [-0.39, 0.29) is 17.5 Å². The first kappa shape index (κ1) is 21.3. The Kier molecular flexibility index (Phi) is 6.20. The van der Waals surface area contributed by atoms with Crippen molar-refractivity contribution >= 4 is 40.6 Å². The minimum Gasteiger partial charge on any atom is -0.465 e. The van der Waals surface area contributed by atoms with Gasteiger partial charge < -0.3 is 15.3 Å². The molecule has 1 aromatic heterocycles. The highest BCUT2D eigenvalue weighted by atomic mass is 35.5. The largest absolute Gasteiger partial charge is 0.465 e. The van der Waals surface area contributed by atoms with Gasteiger partial charge in [-0.05, 0) is 48.7 Å². The van der Waals surface area contributed by atoms with Gasteiger partial charge in [-0.2, -0.15) is 0 Å². The maximum Gasteiger partial charge on any atom is 0.407 e. The number of likely N-dealkylation sites (tertiary alicyclic amines) is 1. The molecular formula is C22H19ClFN3O3S. The molecule has 31 heavy (non-hydrogen) atoms. The number of thiazole rings is 1. The molecule has 1 aliphatic rings. The van der Waals surface area contributed by atoms with Crippen LogP contribution in [0, 0.1) is 5.82 Å². The van der Waals surface area contributed by atoms with Crippen LogP contribution in [0.2, 0.25) is 5.02 Å². The van der Waals surface area contributed by atoms with Gasteiger partial charge >= 0.3 is 6.09 Å². The molecule has 0 aliphatic carbocycles. The molecule has 4 rings (SSSR count). The molecule has 1 aliphatic heterocycles. The van der Waals surface area contributed by atoms with E-state index in [1.165, 1.54) is 34.4 Å². The highest BCUT2D eigenvalue weighted by molar-refractivity contribution is 7.10. The SMILES string of the molecule is O=C(Nc1ccc(F)cc1-c1ccc(Cl)cc1)c1csc(C2CCN(C(=O)O)CC2)n1. The Bertz CT molecular complexity index is 1110. The van der Waals surface area contributed by atoms with Crippen LogP contribution in [0.1, 0.15) is 34.3 Å². The van der Waals surface area contributed by atoms with Gasteiger partial charge in [0, 0.05) is 40.7 Å². The zero-order chi connectivity index (χ0) is 22.0. The van der Waals surface area contributed by atoms with Crippen LogP contribution in [-0.2, 0) is 0 Å². The molecule has 160 valence electrons. The maximum absolute atomic E-state index is 13.9. The fourth-order valence-corrected chi connectivity index (χ4v) is 4.67. The van der Waals surface area contributed by atoms with E-state index in [2.05, 4.69) is 10.3 Å². The van der Waals surface area contributed by atoms with Gasteiger partial charge in [-0.25, -0.2) is 14.2 Å². The number of carbonyl (C=O) groups is 2. The van der Waals surface area contributed by atoms with E-state index in [9.17, 15) is 14.0 Å². The summed E-state index contributed by atoms with van der Waals surface area (Å²) in [6.45, 7) is 0.919. The zero-order valence-corrected chi connectivity index (χ0v) is 17.9. The maximum atomic E-state index is 13.9. The molecular weight excluding hydrogens is 441 g/mol. The number of carboxylic acid groups (broad SMARTS) is 1. The highest BCUT2D eigenvalue weighted by Crippen LogP contribution is 2.32. The predicted molar refractivity (Wildman–Crippen MR) is 118 cm³/mol. The Balaban J connectivity index is 1.50. The number of benzene rings is 2. The third-order valence-electron chi connectivity index (χ3n) is 5.25. The summed E-state index contributed by atoms with van der Waals surface area (Å²) in [7, 11) is 0. The number of hydrogen-bond donors (Lipinski definition) is 2. The molecule has 0 radical (unpaired) electrons. The van der Waals surface area contributed by atoms with Crippen LogP contribution in [0.5, 0.6) is 0 Å². The molecule has 2 heterocycles. The van der Waals surface area contributed by atoms with Gasteiger partial charge in [0.25, 0.3) is 5.91 Å². The monoisotopic (exact) mass is 459 g/mol. The molecule has 2 amide bonds. The number of nitrogens with one attached hydrogen (secondary N) is 1. The molecule has 0 atom stereocenters. The molecule has 0 bridgehead atoms. The second-order valence-corrected chi connectivity index (χ2v) is 8.59. The van der Waals surface area contributed by atoms with Crippen molar-refractivity contribution in [1.29, 1.82) is 0 Å². The second kappa shape index (κ2) is 9.03. The molecule has 2 N–H and O–H groups in total. The second-order valence-electron chi connectivity index (χ2n) is 7.27. The van der Waals surface area contributed by atoms with Crippen molar-refractivity contribution in [1.82, 2.24) is 9.88 Å². The summed E-state index contributed by atoms with van der Waals surface area (Å²) in [6, 6.07) is 11.1. The quantitative estimate of drug-likeness (QED) is 0.523. The van der Waals surface area contributed by atoms with Gasteiger partial charge in [0.2, 0.25) is 0 Å². The van der Waals surface area contributed by atoms with E-state index in [1.807, 2.05) is 0 Å². The lowest BCUT2D eigenvalue weighted by Gasteiger charge is -2.28. The molecule has 9 heteroatoms. The van der Waals surface area contributed by atoms with Crippen LogP contribution < -0.4 is 5.32 Å². The summed E-state index contributed by atoms with van der Waals surface area (Å²) in [4.78, 5) is 29.7. The average Bonchev–Trinajstić information content (AvgIpc) is 3.26. The summed E-state index contributed by atoms with van der Waals surface area (Å²) in [6.07, 6.45) is 0.451. The van der Waals surface area contributed by atoms with Crippen LogP contribution in [0.15, 0.2) is 47.8 Å². The number of halogens is 2. The summed E-state index contributed by atoms with van der Waals surface area (Å²) < 4.78 is 13.9. The predicted octanol–water partition coefficient (Wildman–Crippen LogP) is 5.71. The standard InChI is InChI=1S/C22H19ClFN3O3S/c23-15-3-1-13(2-4-15)17-11-16(24)5-6-18(17)25-20(28)19-12-31-21(26-19)14-7-9-27(10-8-14)22(29)30/h1-6,11-12,14H,7-10H2,(H,25,28)(H,29,30). The summed E-state index contributed by atoms with van der Waals surface area (Å²) in [5, 5.41) is 15.0. The fourth-order valence-electron chi connectivity index (χ4n) is 3.58. The van der Waals surface area contributed by atoms with Gasteiger partial charge in [0.15, 0.2) is 0 Å². The number of aromatic nitrogens is 1. The molecule has 0 unspecified atom stereocenters. The first-order chi connectivity index (χ1) is 14.9. The lowest BCUT2D eigenvalue weighted by atomic mass is 9.98. The topological polar surface area (TPSA) is 82.5 Å². The van der Waals surface area contributed by atoms with Gasteiger partial charge in [-0.15, -0.1) is 11.3 Å². The Morgan fingerprint density at radius 1 is 1.16 bits per heavy atom. The first-order valence-electron chi connectivity index (χ1n) is 9.71. The number of carbonyl (C=O) groups excluding carboxylic acids is 1. The molecule has 0 spiro atoms. The Morgan fingerprint density at radius 2 is 1.87 bits per heavy atom. The molecule has 0 saturated carbocycles. The smallest absolute Gasteiger partial charge is 0.407 e. The molecule has 1 fully saturated rings. The van der Waals surface area contributed by atoms with E-state index >= 15 is 0 Å². The first-order valence-corrected chi connectivity index (χ1v) is 11.0. The van der Waals surface area contributed by atoms with Crippen molar-refractivity contribution in [2.24, 2.45) is 0 Å². The minimum atomic E-state index is -0.909. The van der Waals surface area contributed by atoms with Crippen LogP contribution in [0.3, 0.4) is 0 Å². The number of anilines is 1. The van der Waals surface area contributed by atoms with Crippen LogP contribution in [-0.4, -0.2) is 40.1 Å². The molecule has 6 nitrogen and oxygen atoms in total. The number of rotatable bonds is 4. The zero-order valence-electron chi connectivity index (χ0n) is 16.3. The van der Waals surface area contributed by atoms with Gasteiger partial charge in [0.05, 0.1) is 5.01 Å². The highest BCUT2D eigenvalue weighted by Gasteiger charge is 2.26. The van der Waals surface area contributed by atoms with Crippen molar-refractivity contribution in [3.8, 4) is 11.1 Å². The Hall–Kier alpha value is -2.97. The lowest BCUT2D eigenvalue weighted by Crippen LogP contribution is -2.36. The van der Waals surface area contributed by atoms with E-state index in [0.29, 0.717) is 42.2 Å².